The molecule has 4 heterocycles. The molecule has 1 fully saturated rings. The number of fused-ring (bicyclic) bond motifs is 3. The summed E-state index contributed by atoms with van der Waals surface area (Å²) in [5.41, 5.74) is 1.91. The second-order valence-corrected chi connectivity index (χ2v) is 8.82. The van der Waals surface area contributed by atoms with E-state index in [2.05, 4.69) is 9.97 Å². The zero-order valence-electron chi connectivity index (χ0n) is 17.0. The number of imidazole rings is 1. The molecule has 154 valence electrons. The van der Waals surface area contributed by atoms with Crippen LogP contribution < -0.4 is 5.69 Å². The number of halogens is 1. The van der Waals surface area contributed by atoms with Gasteiger partial charge >= 0.3 is 11.8 Å². The van der Waals surface area contributed by atoms with Crippen molar-refractivity contribution >= 4 is 39.8 Å². The number of carbonyl (C=O) groups is 1. The fraction of sp³-hybridized carbons (Fsp3) is 0.500. The summed E-state index contributed by atoms with van der Waals surface area (Å²) in [7, 11) is 1.72. The molecule has 0 N–H and O–H groups in total. The minimum atomic E-state index is -0.567. The maximum atomic E-state index is 13.1. The molecule has 0 bridgehead atoms. The molecule has 8 nitrogen and oxygen atoms in total. The smallest absolute Gasteiger partial charge is 0.410 e. The van der Waals surface area contributed by atoms with Crippen LogP contribution in [0.3, 0.4) is 0 Å². The minimum Gasteiger partial charge on any atom is -0.444 e. The van der Waals surface area contributed by atoms with Gasteiger partial charge in [0.1, 0.15) is 16.3 Å². The van der Waals surface area contributed by atoms with E-state index in [1.807, 2.05) is 20.8 Å². The standard InChI is InChI=1S/C20H24ClN5O3/c1-20(2,3)29-19(28)25-9-5-6-12(11-25)26-17-14(24(4)18(26)27)10-22-13-7-8-15(21)23-16(13)17/h7-8,10,12H,5-6,9,11H2,1-4H3/t12-/m1/s1. The number of hydrogen-bond acceptors (Lipinski definition) is 5. The first-order valence-corrected chi connectivity index (χ1v) is 10.0. The van der Waals surface area contributed by atoms with E-state index >= 15 is 0 Å². The van der Waals surface area contributed by atoms with Crippen LogP contribution in [-0.2, 0) is 11.8 Å². The van der Waals surface area contributed by atoms with Crippen LogP contribution in [-0.4, -0.2) is 48.8 Å². The number of aryl methyl sites for hydroxylation is 1. The van der Waals surface area contributed by atoms with Crippen molar-refractivity contribution in [2.75, 3.05) is 13.1 Å². The summed E-state index contributed by atoms with van der Waals surface area (Å²) in [6.45, 7) is 6.54. The second-order valence-electron chi connectivity index (χ2n) is 8.43. The molecule has 1 saturated heterocycles. The zero-order valence-corrected chi connectivity index (χ0v) is 17.7. The Balaban J connectivity index is 1.81. The van der Waals surface area contributed by atoms with Crippen LogP contribution in [0.5, 0.6) is 0 Å². The van der Waals surface area contributed by atoms with Gasteiger partial charge in [0.15, 0.2) is 0 Å². The lowest BCUT2D eigenvalue weighted by Crippen LogP contribution is -2.45. The van der Waals surface area contributed by atoms with Crippen LogP contribution in [0, 0.1) is 0 Å². The Kier molecular flexibility index (Phi) is 4.77. The number of aromatic nitrogens is 4. The van der Waals surface area contributed by atoms with Gasteiger partial charge < -0.3 is 9.64 Å². The molecule has 3 aromatic heterocycles. The number of amides is 1. The molecule has 4 rings (SSSR count). The van der Waals surface area contributed by atoms with Crippen molar-refractivity contribution in [3.05, 3.63) is 34.0 Å². The normalized spacial score (nSPS) is 17.8. The topological polar surface area (TPSA) is 82.2 Å². The van der Waals surface area contributed by atoms with Gasteiger partial charge in [0.25, 0.3) is 0 Å². The van der Waals surface area contributed by atoms with Crippen molar-refractivity contribution in [3.63, 3.8) is 0 Å². The lowest BCUT2D eigenvalue weighted by Gasteiger charge is -2.34. The van der Waals surface area contributed by atoms with E-state index in [1.165, 1.54) is 0 Å². The van der Waals surface area contributed by atoms with Crippen LogP contribution >= 0.6 is 11.6 Å². The van der Waals surface area contributed by atoms with Crippen LogP contribution in [0.2, 0.25) is 5.15 Å². The van der Waals surface area contributed by atoms with E-state index in [0.717, 1.165) is 12.8 Å². The molecule has 0 radical (unpaired) electrons. The molecule has 0 saturated carbocycles. The summed E-state index contributed by atoms with van der Waals surface area (Å²) >= 11 is 6.13. The van der Waals surface area contributed by atoms with Crippen molar-refractivity contribution in [2.24, 2.45) is 7.05 Å². The third-order valence-electron chi connectivity index (χ3n) is 5.14. The van der Waals surface area contributed by atoms with Crippen LogP contribution in [0.4, 0.5) is 4.79 Å². The number of piperidine rings is 1. The molecule has 1 aliphatic heterocycles. The van der Waals surface area contributed by atoms with Gasteiger partial charge in [0, 0.05) is 20.1 Å². The lowest BCUT2D eigenvalue weighted by molar-refractivity contribution is 0.0173. The van der Waals surface area contributed by atoms with E-state index < -0.39 is 5.60 Å². The average molecular weight is 418 g/mol. The third-order valence-corrected chi connectivity index (χ3v) is 5.35. The first-order chi connectivity index (χ1) is 13.7. The Morgan fingerprint density at radius 1 is 1.31 bits per heavy atom. The van der Waals surface area contributed by atoms with E-state index in [1.54, 1.807) is 39.4 Å². The summed E-state index contributed by atoms with van der Waals surface area (Å²) in [6, 6.07) is 3.29. The maximum absolute atomic E-state index is 13.1. The highest BCUT2D eigenvalue weighted by molar-refractivity contribution is 6.30. The number of carbonyl (C=O) groups excluding carboxylic acids is 1. The second kappa shape index (κ2) is 7.02. The van der Waals surface area contributed by atoms with Crippen LogP contribution in [0.15, 0.2) is 23.1 Å². The molecule has 0 aliphatic carbocycles. The summed E-state index contributed by atoms with van der Waals surface area (Å²) < 4.78 is 8.83. The summed E-state index contributed by atoms with van der Waals surface area (Å²) in [4.78, 5) is 36.2. The van der Waals surface area contributed by atoms with Gasteiger partial charge in [0.05, 0.1) is 28.8 Å². The van der Waals surface area contributed by atoms with Gasteiger partial charge in [-0.25, -0.2) is 14.6 Å². The van der Waals surface area contributed by atoms with Crippen molar-refractivity contribution in [3.8, 4) is 0 Å². The molecule has 3 aromatic rings. The van der Waals surface area contributed by atoms with E-state index in [4.69, 9.17) is 16.3 Å². The Bertz CT molecular complexity index is 1160. The number of hydrogen-bond donors (Lipinski definition) is 0. The Morgan fingerprint density at radius 3 is 2.79 bits per heavy atom. The van der Waals surface area contributed by atoms with Gasteiger partial charge in [-0.05, 0) is 45.7 Å². The predicted molar refractivity (Wildman–Crippen MR) is 111 cm³/mol. The summed E-state index contributed by atoms with van der Waals surface area (Å²) in [6.07, 6.45) is 2.88. The Morgan fingerprint density at radius 2 is 2.07 bits per heavy atom. The van der Waals surface area contributed by atoms with E-state index in [9.17, 15) is 9.59 Å². The van der Waals surface area contributed by atoms with Crippen molar-refractivity contribution < 1.29 is 9.53 Å². The Hall–Kier alpha value is -2.61. The first-order valence-electron chi connectivity index (χ1n) is 9.66. The third kappa shape index (κ3) is 3.57. The van der Waals surface area contributed by atoms with Gasteiger partial charge in [-0.3, -0.25) is 14.1 Å². The highest BCUT2D eigenvalue weighted by Crippen LogP contribution is 2.29. The number of nitrogens with zero attached hydrogens (tertiary/aromatic N) is 5. The maximum Gasteiger partial charge on any atom is 0.410 e. The number of rotatable bonds is 1. The lowest BCUT2D eigenvalue weighted by atomic mass is 10.1. The molecule has 9 heteroatoms. The largest absolute Gasteiger partial charge is 0.444 e. The highest BCUT2D eigenvalue weighted by atomic mass is 35.5. The molecule has 1 aliphatic rings. The molecule has 1 amide bonds. The van der Waals surface area contributed by atoms with Crippen molar-refractivity contribution in [1.82, 2.24) is 24.0 Å². The van der Waals surface area contributed by atoms with E-state index in [0.29, 0.717) is 40.3 Å². The number of pyridine rings is 2. The van der Waals surface area contributed by atoms with Gasteiger partial charge in [-0.1, -0.05) is 11.6 Å². The Labute approximate surface area is 173 Å². The predicted octanol–water partition coefficient (Wildman–Crippen LogP) is 3.51. The van der Waals surface area contributed by atoms with Crippen molar-refractivity contribution in [1.29, 1.82) is 0 Å². The fourth-order valence-corrected chi connectivity index (χ4v) is 4.01. The van der Waals surface area contributed by atoms with Crippen LogP contribution in [0.1, 0.15) is 39.7 Å². The molecule has 0 spiro atoms. The summed E-state index contributed by atoms with van der Waals surface area (Å²) in [5.74, 6) is 0. The SMILES string of the molecule is Cn1c(=O)n([C@@H]2CCCN(C(=O)OC(C)(C)C)C2)c2c3nc(Cl)ccc3ncc21. The quantitative estimate of drug-likeness (QED) is 0.566. The molecule has 1 atom stereocenters. The average Bonchev–Trinajstić information content (AvgIpc) is 2.92. The van der Waals surface area contributed by atoms with Gasteiger partial charge in [0.2, 0.25) is 0 Å². The van der Waals surface area contributed by atoms with Crippen LogP contribution in [0.25, 0.3) is 22.1 Å². The first kappa shape index (κ1) is 19.7. The molecule has 29 heavy (non-hydrogen) atoms. The van der Waals surface area contributed by atoms with Gasteiger partial charge in [-0.15, -0.1) is 0 Å². The molecular weight excluding hydrogens is 394 g/mol. The van der Waals surface area contributed by atoms with Crippen molar-refractivity contribution in [2.45, 2.75) is 45.3 Å². The monoisotopic (exact) mass is 417 g/mol. The van der Waals surface area contributed by atoms with Gasteiger partial charge in [-0.2, -0.15) is 0 Å². The highest BCUT2D eigenvalue weighted by Gasteiger charge is 2.31. The molecular formula is C20H24ClN5O3. The van der Waals surface area contributed by atoms with E-state index in [-0.39, 0.29) is 17.8 Å². The molecule has 0 unspecified atom stereocenters. The fourth-order valence-electron chi connectivity index (χ4n) is 3.86. The molecule has 0 aromatic carbocycles. The number of ether oxygens (including phenoxy) is 1. The minimum absolute atomic E-state index is 0.160. The summed E-state index contributed by atoms with van der Waals surface area (Å²) in [5, 5.41) is 0.341. The zero-order chi connectivity index (χ0) is 20.9. The number of likely N-dealkylation sites (tertiary alicyclic amines) is 1.